The molecule has 7 heteroatoms. The Kier molecular flexibility index (Phi) is 5.33. The van der Waals surface area contributed by atoms with Crippen molar-refractivity contribution in [3.63, 3.8) is 0 Å². The van der Waals surface area contributed by atoms with E-state index < -0.39 is 0 Å². The summed E-state index contributed by atoms with van der Waals surface area (Å²) in [7, 11) is 0. The highest BCUT2D eigenvalue weighted by Gasteiger charge is 2.23. The topological polar surface area (TPSA) is 81.1 Å². The summed E-state index contributed by atoms with van der Waals surface area (Å²) in [6.45, 7) is 8.28. The Labute approximate surface area is 147 Å². The number of anilines is 1. The van der Waals surface area contributed by atoms with Crippen LogP contribution in [0.5, 0.6) is 5.75 Å². The van der Waals surface area contributed by atoms with Gasteiger partial charge < -0.3 is 15.4 Å². The van der Waals surface area contributed by atoms with Crippen LogP contribution >= 0.6 is 0 Å². The summed E-state index contributed by atoms with van der Waals surface area (Å²) in [5, 5.41) is 14.6. The molecule has 0 spiro atoms. The first kappa shape index (κ1) is 17.4. The molecule has 0 bridgehead atoms. The van der Waals surface area contributed by atoms with Gasteiger partial charge >= 0.3 is 0 Å². The van der Waals surface area contributed by atoms with Crippen molar-refractivity contribution in [3.05, 3.63) is 35.2 Å². The van der Waals surface area contributed by atoms with E-state index in [-0.39, 0.29) is 5.91 Å². The SMILES string of the molecule is CCOc1cc(C)ccc1NC(=O)c1nnn(C2CCNCC2)c1C. The number of ether oxygens (including phenoxy) is 1. The Morgan fingerprint density at radius 3 is 2.84 bits per heavy atom. The van der Waals surface area contributed by atoms with E-state index in [2.05, 4.69) is 20.9 Å². The Morgan fingerprint density at radius 1 is 1.36 bits per heavy atom. The van der Waals surface area contributed by atoms with Crippen molar-refractivity contribution in [2.24, 2.45) is 0 Å². The van der Waals surface area contributed by atoms with Gasteiger partial charge in [-0.1, -0.05) is 11.3 Å². The molecule has 3 rings (SSSR count). The summed E-state index contributed by atoms with van der Waals surface area (Å²) in [4.78, 5) is 12.7. The maximum Gasteiger partial charge on any atom is 0.278 e. The van der Waals surface area contributed by atoms with E-state index in [4.69, 9.17) is 4.74 Å². The number of aryl methyl sites for hydroxylation is 1. The van der Waals surface area contributed by atoms with Crippen molar-refractivity contribution in [2.45, 2.75) is 39.7 Å². The van der Waals surface area contributed by atoms with Crippen LogP contribution in [0.1, 0.15) is 47.6 Å². The van der Waals surface area contributed by atoms with E-state index in [1.807, 2.05) is 43.7 Å². The first-order valence-electron chi connectivity index (χ1n) is 8.77. The molecule has 2 heterocycles. The number of rotatable bonds is 5. The number of nitrogens with zero attached hydrogens (tertiary/aromatic N) is 3. The minimum Gasteiger partial charge on any atom is -0.492 e. The van der Waals surface area contributed by atoms with Gasteiger partial charge in [-0.05, 0) is 64.4 Å². The lowest BCUT2D eigenvalue weighted by Crippen LogP contribution is -2.30. The van der Waals surface area contributed by atoms with Gasteiger partial charge in [0.2, 0.25) is 0 Å². The lowest BCUT2D eigenvalue weighted by Gasteiger charge is -2.23. The van der Waals surface area contributed by atoms with E-state index in [0.717, 1.165) is 37.2 Å². The summed E-state index contributed by atoms with van der Waals surface area (Å²) in [5.41, 5.74) is 2.89. The quantitative estimate of drug-likeness (QED) is 0.872. The first-order valence-corrected chi connectivity index (χ1v) is 8.77. The molecule has 0 saturated carbocycles. The van der Waals surface area contributed by atoms with Crippen LogP contribution in [0.25, 0.3) is 0 Å². The second-order valence-electron chi connectivity index (χ2n) is 6.34. The Hall–Kier alpha value is -2.41. The second kappa shape index (κ2) is 7.65. The average molecular weight is 343 g/mol. The van der Waals surface area contributed by atoms with Crippen LogP contribution in [0.3, 0.4) is 0 Å². The largest absolute Gasteiger partial charge is 0.492 e. The zero-order valence-electron chi connectivity index (χ0n) is 15.0. The zero-order valence-corrected chi connectivity index (χ0v) is 15.0. The summed E-state index contributed by atoms with van der Waals surface area (Å²) in [6, 6.07) is 6.01. The number of carbonyl (C=O) groups is 1. The fourth-order valence-electron chi connectivity index (χ4n) is 3.14. The van der Waals surface area contributed by atoms with E-state index in [1.54, 1.807) is 0 Å². The van der Waals surface area contributed by atoms with E-state index in [9.17, 15) is 4.79 Å². The number of nitrogens with one attached hydrogen (secondary N) is 2. The van der Waals surface area contributed by atoms with Crippen LogP contribution in [-0.2, 0) is 0 Å². The average Bonchev–Trinajstić information content (AvgIpc) is 3.00. The molecule has 0 unspecified atom stereocenters. The molecule has 7 nitrogen and oxygen atoms in total. The van der Waals surface area contributed by atoms with Crippen molar-refractivity contribution in [1.82, 2.24) is 20.3 Å². The highest BCUT2D eigenvalue weighted by atomic mass is 16.5. The maximum absolute atomic E-state index is 12.7. The van der Waals surface area contributed by atoms with Gasteiger partial charge in [0.05, 0.1) is 24.0 Å². The Balaban J connectivity index is 1.79. The van der Waals surface area contributed by atoms with Gasteiger partial charge in [-0.15, -0.1) is 5.10 Å². The predicted octanol–water partition coefficient (Wildman–Crippen LogP) is 2.47. The molecule has 1 saturated heterocycles. The molecule has 1 aromatic carbocycles. The fourth-order valence-corrected chi connectivity index (χ4v) is 3.14. The highest BCUT2D eigenvalue weighted by Crippen LogP contribution is 2.27. The van der Waals surface area contributed by atoms with Crippen LogP contribution in [0, 0.1) is 13.8 Å². The minimum absolute atomic E-state index is 0.262. The molecule has 0 aliphatic carbocycles. The lowest BCUT2D eigenvalue weighted by molar-refractivity contribution is 0.102. The number of amides is 1. The van der Waals surface area contributed by atoms with Gasteiger partial charge in [0.15, 0.2) is 5.69 Å². The molecule has 1 amide bonds. The predicted molar refractivity (Wildman–Crippen MR) is 96.2 cm³/mol. The zero-order chi connectivity index (χ0) is 17.8. The number of benzene rings is 1. The van der Waals surface area contributed by atoms with Gasteiger partial charge in [-0.3, -0.25) is 4.79 Å². The third-order valence-corrected chi connectivity index (χ3v) is 4.48. The summed E-state index contributed by atoms with van der Waals surface area (Å²) in [6.07, 6.45) is 2.00. The van der Waals surface area contributed by atoms with Crippen molar-refractivity contribution in [3.8, 4) is 5.75 Å². The Morgan fingerprint density at radius 2 is 2.12 bits per heavy atom. The van der Waals surface area contributed by atoms with Crippen molar-refractivity contribution in [1.29, 1.82) is 0 Å². The monoisotopic (exact) mass is 343 g/mol. The molecule has 1 aliphatic heterocycles. The van der Waals surface area contributed by atoms with Crippen LogP contribution in [0.15, 0.2) is 18.2 Å². The van der Waals surface area contributed by atoms with E-state index in [0.29, 0.717) is 29.8 Å². The van der Waals surface area contributed by atoms with Crippen LogP contribution < -0.4 is 15.4 Å². The van der Waals surface area contributed by atoms with Crippen LogP contribution in [0.4, 0.5) is 5.69 Å². The molecule has 134 valence electrons. The molecule has 2 aromatic rings. The normalized spacial score (nSPS) is 15.2. The van der Waals surface area contributed by atoms with E-state index >= 15 is 0 Å². The number of carbonyl (C=O) groups excluding carboxylic acids is 1. The maximum atomic E-state index is 12.7. The van der Waals surface area contributed by atoms with Crippen molar-refractivity contribution < 1.29 is 9.53 Å². The number of piperidine rings is 1. The Bertz CT molecular complexity index is 750. The smallest absolute Gasteiger partial charge is 0.278 e. The summed E-state index contributed by atoms with van der Waals surface area (Å²) in [5.74, 6) is 0.404. The summed E-state index contributed by atoms with van der Waals surface area (Å²) >= 11 is 0. The molecule has 1 aromatic heterocycles. The number of aromatic nitrogens is 3. The van der Waals surface area contributed by atoms with E-state index in [1.165, 1.54) is 0 Å². The van der Waals surface area contributed by atoms with Gasteiger partial charge in [-0.25, -0.2) is 4.68 Å². The van der Waals surface area contributed by atoms with Crippen molar-refractivity contribution in [2.75, 3.05) is 25.0 Å². The van der Waals surface area contributed by atoms with Gasteiger partial charge in [0.1, 0.15) is 5.75 Å². The van der Waals surface area contributed by atoms with Crippen LogP contribution in [-0.4, -0.2) is 40.6 Å². The minimum atomic E-state index is -0.262. The third-order valence-electron chi connectivity index (χ3n) is 4.48. The van der Waals surface area contributed by atoms with Gasteiger partial charge in [0, 0.05) is 0 Å². The third kappa shape index (κ3) is 3.82. The molecule has 0 radical (unpaired) electrons. The molecular weight excluding hydrogens is 318 g/mol. The molecule has 25 heavy (non-hydrogen) atoms. The molecule has 2 N–H and O–H groups in total. The second-order valence-corrected chi connectivity index (χ2v) is 6.34. The molecule has 1 aliphatic rings. The van der Waals surface area contributed by atoms with Gasteiger partial charge in [0.25, 0.3) is 5.91 Å². The van der Waals surface area contributed by atoms with Gasteiger partial charge in [-0.2, -0.15) is 0 Å². The fraction of sp³-hybridized carbons (Fsp3) is 0.500. The van der Waals surface area contributed by atoms with Crippen molar-refractivity contribution >= 4 is 11.6 Å². The lowest BCUT2D eigenvalue weighted by atomic mass is 10.1. The number of hydrogen-bond donors (Lipinski definition) is 2. The number of hydrogen-bond acceptors (Lipinski definition) is 5. The molecule has 1 fully saturated rings. The standard InChI is InChI=1S/C18H25N5O2/c1-4-25-16-11-12(2)5-6-15(16)20-18(24)17-13(3)23(22-21-17)14-7-9-19-10-8-14/h5-6,11,14,19H,4,7-10H2,1-3H3,(H,20,24). The summed E-state index contributed by atoms with van der Waals surface area (Å²) < 4.78 is 7.51. The van der Waals surface area contributed by atoms with Crippen LogP contribution in [0.2, 0.25) is 0 Å². The highest BCUT2D eigenvalue weighted by molar-refractivity contribution is 6.04. The first-order chi connectivity index (χ1) is 12.1. The molecular formula is C18H25N5O2. The molecule has 0 atom stereocenters.